The molecule has 0 aliphatic rings. The van der Waals surface area contributed by atoms with Crippen molar-refractivity contribution in [1.29, 1.82) is 0 Å². The number of aliphatic carboxylic acids is 1. The zero-order valence-corrected chi connectivity index (χ0v) is 10.6. The summed E-state index contributed by atoms with van der Waals surface area (Å²) in [5.74, 6) is -1.51. The van der Waals surface area contributed by atoms with Gasteiger partial charge in [0.2, 0.25) is 11.8 Å². The number of nitrogens with zero attached hydrogens (tertiary/aromatic N) is 1. The van der Waals surface area contributed by atoms with Crippen LogP contribution in [0.1, 0.15) is 17.0 Å². The summed E-state index contributed by atoms with van der Waals surface area (Å²) in [6, 6.07) is 0. The van der Waals surface area contributed by atoms with Gasteiger partial charge in [-0.1, -0.05) is 5.16 Å². The molecule has 1 heterocycles. The molecule has 8 heteroatoms. The molecule has 0 atom stereocenters. The lowest BCUT2D eigenvalue weighted by Gasteiger charge is -2.05. The molecule has 0 unspecified atom stereocenters. The third-order valence-electron chi connectivity index (χ3n) is 2.40. The summed E-state index contributed by atoms with van der Waals surface area (Å²) in [4.78, 5) is 33.0. The number of nitrogens with one attached hydrogen (secondary N) is 2. The Balaban J connectivity index is 2.36. The monoisotopic (exact) mass is 269 g/mol. The minimum Gasteiger partial charge on any atom is -0.480 e. The van der Waals surface area contributed by atoms with Gasteiger partial charge >= 0.3 is 5.97 Å². The molecule has 8 nitrogen and oxygen atoms in total. The summed E-state index contributed by atoms with van der Waals surface area (Å²) in [6.45, 7) is 2.68. The van der Waals surface area contributed by atoms with Crippen molar-refractivity contribution in [2.24, 2.45) is 0 Å². The first-order valence-electron chi connectivity index (χ1n) is 5.57. The summed E-state index contributed by atoms with van der Waals surface area (Å²) in [6.07, 6.45) is 0.0629. The number of carboxylic acid groups (broad SMARTS) is 1. The fourth-order valence-corrected chi connectivity index (χ4v) is 1.39. The number of carboxylic acids is 1. The summed E-state index contributed by atoms with van der Waals surface area (Å²) in [5.41, 5.74) is 1.31. The molecule has 0 aliphatic carbocycles. The minimum absolute atomic E-state index is 0.0629. The van der Waals surface area contributed by atoms with Crippen LogP contribution in [0.25, 0.3) is 0 Å². The van der Waals surface area contributed by atoms with E-state index in [4.69, 9.17) is 9.63 Å². The van der Waals surface area contributed by atoms with Gasteiger partial charge in [0.15, 0.2) is 0 Å². The molecular formula is C11H15N3O5. The standard InChI is InChI=1S/C11H15N3O5/c1-6-8(7(2)19-14-6)3-9(15)12-4-10(16)13-5-11(17)18/h3-5H2,1-2H3,(H,12,15)(H,13,16)(H,17,18). The van der Waals surface area contributed by atoms with Crippen LogP contribution in [0.4, 0.5) is 0 Å². The largest absolute Gasteiger partial charge is 0.480 e. The zero-order valence-electron chi connectivity index (χ0n) is 10.6. The Kier molecular flexibility index (Phi) is 5.04. The highest BCUT2D eigenvalue weighted by atomic mass is 16.5. The number of hydrogen-bond donors (Lipinski definition) is 3. The number of rotatable bonds is 6. The van der Waals surface area contributed by atoms with Crippen LogP contribution in [-0.4, -0.2) is 41.1 Å². The molecule has 0 aliphatic heterocycles. The summed E-state index contributed by atoms with van der Waals surface area (Å²) in [5, 5.41) is 16.6. The van der Waals surface area contributed by atoms with Crippen molar-refractivity contribution in [2.45, 2.75) is 20.3 Å². The van der Waals surface area contributed by atoms with Crippen LogP contribution in [0.15, 0.2) is 4.52 Å². The van der Waals surface area contributed by atoms with Crippen molar-refractivity contribution in [2.75, 3.05) is 13.1 Å². The summed E-state index contributed by atoms with van der Waals surface area (Å²) in [7, 11) is 0. The van der Waals surface area contributed by atoms with E-state index in [1.807, 2.05) is 0 Å². The minimum atomic E-state index is -1.14. The van der Waals surface area contributed by atoms with Gasteiger partial charge < -0.3 is 20.3 Å². The van der Waals surface area contributed by atoms with E-state index < -0.39 is 18.4 Å². The number of carbonyl (C=O) groups is 3. The van der Waals surface area contributed by atoms with Gasteiger partial charge in [0.1, 0.15) is 12.3 Å². The lowest BCUT2D eigenvalue weighted by atomic mass is 10.1. The number of amides is 2. The number of hydrogen-bond acceptors (Lipinski definition) is 5. The molecule has 0 spiro atoms. The Labute approximate surface area is 109 Å². The normalized spacial score (nSPS) is 10.0. The molecule has 104 valence electrons. The molecule has 1 aromatic heterocycles. The molecule has 2 amide bonds. The highest BCUT2D eigenvalue weighted by molar-refractivity contribution is 5.87. The number of aryl methyl sites for hydroxylation is 2. The molecule has 19 heavy (non-hydrogen) atoms. The maximum atomic E-state index is 11.6. The van der Waals surface area contributed by atoms with Crippen LogP contribution in [0.3, 0.4) is 0 Å². The fourth-order valence-electron chi connectivity index (χ4n) is 1.39. The molecule has 0 fully saturated rings. The van der Waals surface area contributed by atoms with E-state index >= 15 is 0 Å². The summed E-state index contributed by atoms with van der Waals surface area (Å²) < 4.78 is 4.91. The van der Waals surface area contributed by atoms with E-state index in [1.54, 1.807) is 13.8 Å². The Morgan fingerprint density at radius 2 is 1.79 bits per heavy atom. The van der Waals surface area contributed by atoms with E-state index in [9.17, 15) is 14.4 Å². The molecule has 0 saturated heterocycles. The average Bonchev–Trinajstić information content (AvgIpc) is 2.65. The van der Waals surface area contributed by atoms with Crippen molar-refractivity contribution in [3.63, 3.8) is 0 Å². The average molecular weight is 269 g/mol. The second-order valence-electron chi connectivity index (χ2n) is 3.93. The quantitative estimate of drug-likeness (QED) is 0.618. The van der Waals surface area contributed by atoms with Gasteiger partial charge in [0, 0.05) is 5.56 Å². The molecule has 0 radical (unpaired) electrons. The summed E-state index contributed by atoms with van der Waals surface area (Å²) >= 11 is 0. The topological polar surface area (TPSA) is 122 Å². The van der Waals surface area contributed by atoms with E-state index in [-0.39, 0.29) is 18.9 Å². The molecule has 0 saturated carbocycles. The first-order valence-corrected chi connectivity index (χ1v) is 5.57. The third kappa shape index (κ3) is 4.78. The molecule has 0 bridgehead atoms. The van der Waals surface area contributed by atoms with Crippen molar-refractivity contribution in [3.8, 4) is 0 Å². The van der Waals surface area contributed by atoms with E-state index in [0.717, 1.165) is 0 Å². The van der Waals surface area contributed by atoms with Gasteiger partial charge in [0.25, 0.3) is 0 Å². The van der Waals surface area contributed by atoms with Crippen LogP contribution < -0.4 is 10.6 Å². The zero-order chi connectivity index (χ0) is 14.4. The third-order valence-corrected chi connectivity index (χ3v) is 2.40. The Hall–Kier alpha value is -2.38. The lowest BCUT2D eigenvalue weighted by Crippen LogP contribution is -2.39. The predicted molar refractivity (Wildman–Crippen MR) is 63.3 cm³/mol. The van der Waals surface area contributed by atoms with Gasteiger partial charge in [-0.25, -0.2) is 0 Å². The molecular weight excluding hydrogens is 254 g/mol. The maximum absolute atomic E-state index is 11.6. The van der Waals surface area contributed by atoms with Crippen molar-refractivity contribution in [3.05, 3.63) is 17.0 Å². The van der Waals surface area contributed by atoms with Crippen molar-refractivity contribution in [1.82, 2.24) is 15.8 Å². The molecule has 1 aromatic rings. The molecule has 3 N–H and O–H groups in total. The predicted octanol–water partition coefficient (Wildman–Crippen LogP) is -0.849. The first kappa shape index (κ1) is 14.7. The van der Waals surface area contributed by atoms with Gasteiger partial charge in [-0.2, -0.15) is 0 Å². The highest BCUT2D eigenvalue weighted by Gasteiger charge is 2.14. The highest BCUT2D eigenvalue weighted by Crippen LogP contribution is 2.12. The SMILES string of the molecule is Cc1noc(C)c1CC(=O)NCC(=O)NCC(=O)O. The van der Waals surface area contributed by atoms with Gasteiger partial charge in [-0.15, -0.1) is 0 Å². The van der Waals surface area contributed by atoms with Crippen LogP contribution in [0.5, 0.6) is 0 Å². The maximum Gasteiger partial charge on any atom is 0.322 e. The Bertz CT molecular complexity index is 475. The van der Waals surface area contributed by atoms with E-state index in [0.29, 0.717) is 17.0 Å². The van der Waals surface area contributed by atoms with Crippen molar-refractivity contribution < 1.29 is 24.0 Å². The van der Waals surface area contributed by atoms with Crippen LogP contribution >= 0.6 is 0 Å². The fraction of sp³-hybridized carbons (Fsp3) is 0.455. The first-order chi connectivity index (χ1) is 8.90. The van der Waals surface area contributed by atoms with Gasteiger partial charge in [-0.3, -0.25) is 14.4 Å². The Morgan fingerprint density at radius 3 is 2.32 bits per heavy atom. The van der Waals surface area contributed by atoms with Gasteiger partial charge in [0.05, 0.1) is 18.7 Å². The smallest absolute Gasteiger partial charge is 0.322 e. The lowest BCUT2D eigenvalue weighted by molar-refractivity contribution is -0.137. The van der Waals surface area contributed by atoms with E-state index in [2.05, 4.69) is 15.8 Å². The Morgan fingerprint density at radius 1 is 1.16 bits per heavy atom. The van der Waals surface area contributed by atoms with Gasteiger partial charge in [-0.05, 0) is 13.8 Å². The molecule has 1 rings (SSSR count). The van der Waals surface area contributed by atoms with Crippen LogP contribution in [0, 0.1) is 13.8 Å². The van der Waals surface area contributed by atoms with Crippen molar-refractivity contribution >= 4 is 17.8 Å². The number of aromatic nitrogens is 1. The second kappa shape index (κ2) is 6.53. The molecule has 0 aromatic carbocycles. The second-order valence-corrected chi connectivity index (χ2v) is 3.93. The van der Waals surface area contributed by atoms with Crippen LogP contribution in [0.2, 0.25) is 0 Å². The number of carbonyl (C=O) groups excluding carboxylic acids is 2. The van der Waals surface area contributed by atoms with E-state index in [1.165, 1.54) is 0 Å². The van der Waals surface area contributed by atoms with Crippen LogP contribution in [-0.2, 0) is 20.8 Å².